The molecule has 50 heavy (non-hydrogen) atoms. The first-order chi connectivity index (χ1) is 23.6. The zero-order chi connectivity index (χ0) is 36.2. The Hall–Kier alpha value is -4.38. The maximum absolute atomic E-state index is 15.9. The average molecular weight is 724 g/mol. The topological polar surface area (TPSA) is 133 Å². The van der Waals surface area contributed by atoms with Crippen LogP contribution in [-0.2, 0) is 10.9 Å². The van der Waals surface area contributed by atoms with Gasteiger partial charge in [-0.1, -0.05) is 0 Å². The number of morpholine rings is 1. The van der Waals surface area contributed by atoms with Gasteiger partial charge in [0.05, 0.1) is 42.3 Å². The summed E-state index contributed by atoms with van der Waals surface area (Å²) in [5.74, 6) is -0.928. The molecule has 0 saturated carbocycles. The molecule has 2 fully saturated rings. The molecule has 5 rings (SSSR count). The van der Waals surface area contributed by atoms with E-state index in [1.54, 1.807) is 4.90 Å². The van der Waals surface area contributed by atoms with Gasteiger partial charge in [-0.05, 0) is 43.7 Å². The van der Waals surface area contributed by atoms with Crippen LogP contribution in [0.1, 0.15) is 28.8 Å². The first-order valence-corrected chi connectivity index (χ1v) is 19.0. The number of nitrogens with one attached hydrogen (secondary N) is 1. The van der Waals surface area contributed by atoms with E-state index in [9.17, 15) is 27.9 Å². The summed E-state index contributed by atoms with van der Waals surface area (Å²) in [5, 5.41) is 12.0. The molecule has 1 aromatic carbocycles. The quantitative estimate of drug-likeness (QED) is 0.261. The molecule has 0 aliphatic carbocycles. The Morgan fingerprint density at radius 2 is 1.68 bits per heavy atom. The number of pyridine rings is 1. The van der Waals surface area contributed by atoms with Crippen LogP contribution >= 0.6 is 10.0 Å². The fraction of sp³-hybridized carbons (Fsp3) is 0.485. The molecule has 272 valence electrons. The van der Waals surface area contributed by atoms with Gasteiger partial charge in [0, 0.05) is 80.8 Å². The van der Waals surface area contributed by atoms with Crippen molar-refractivity contribution in [3.05, 3.63) is 53.7 Å². The monoisotopic (exact) mass is 723 g/mol. The highest BCUT2D eigenvalue weighted by Crippen LogP contribution is 2.38. The maximum atomic E-state index is 15.9. The molecule has 0 atom stereocenters. The highest BCUT2D eigenvalue weighted by atomic mass is 32.3. The van der Waals surface area contributed by atoms with E-state index in [1.807, 2.05) is 4.90 Å². The third-order valence-corrected chi connectivity index (χ3v) is 10.00. The SMILES string of the molecule is CN(C(=O)O)C1CCN(c2cc(F)c(-c3cnc(N4CCOCC4)nc3)cc2NC(=O)c2cnc(OCCS(C)(C)C)cc2C(F)(F)F)CC1. The van der Waals surface area contributed by atoms with E-state index in [-0.39, 0.29) is 35.5 Å². The van der Waals surface area contributed by atoms with Crippen molar-refractivity contribution in [3.63, 3.8) is 0 Å². The van der Waals surface area contributed by atoms with Crippen LogP contribution in [0.5, 0.6) is 5.88 Å². The molecule has 0 unspecified atom stereocenters. The molecule has 17 heteroatoms. The predicted octanol–water partition coefficient (Wildman–Crippen LogP) is 5.44. The number of rotatable bonds is 10. The van der Waals surface area contributed by atoms with Crippen LogP contribution in [0.4, 0.5) is 39.7 Å². The van der Waals surface area contributed by atoms with Crippen LogP contribution in [0.25, 0.3) is 11.1 Å². The van der Waals surface area contributed by atoms with Gasteiger partial charge in [0.2, 0.25) is 11.8 Å². The van der Waals surface area contributed by atoms with Crippen LogP contribution in [0.3, 0.4) is 0 Å². The Kier molecular flexibility index (Phi) is 11.2. The van der Waals surface area contributed by atoms with Crippen molar-refractivity contribution < 1.29 is 41.7 Å². The summed E-state index contributed by atoms with van der Waals surface area (Å²) in [6.07, 6.45) is 4.72. The number of carbonyl (C=O) groups excluding carboxylic acids is 1. The van der Waals surface area contributed by atoms with Crippen molar-refractivity contribution in [1.82, 2.24) is 19.9 Å². The fourth-order valence-electron chi connectivity index (χ4n) is 5.70. The third kappa shape index (κ3) is 9.04. The average Bonchev–Trinajstić information content (AvgIpc) is 3.08. The second kappa shape index (κ2) is 15.2. The summed E-state index contributed by atoms with van der Waals surface area (Å²) < 4.78 is 69.6. The molecule has 4 heterocycles. The van der Waals surface area contributed by atoms with Crippen molar-refractivity contribution in [2.45, 2.75) is 25.1 Å². The Balaban J connectivity index is 1.47. The van der Waals surface area contributed by atoms with Crippen LogP contribution < -0.4 is 19.9 Å². The van der Waals surface area contributed by atoms with Crippen LogP contribution in [0.15, 0.2) is 36.8 Å². The largest absolute Gasteiger partial charge is 0.477 e. The van der Waals surface area contributed by atoms with Crippen LogP contribution in [0.2, 0.25) is 0 Å². The van der Waals surface area contributed by atoms with E-state index in [0.29, 0.717) is 75.6 Å². The second-order valence-electron chi connectivity index (χ2n) is 13.0. The van der Waals surface area contributed by atoms with Gasteiger partial charge in [0.25, 0.3) is 5.91 Å². The third-order valence-electron chi connectivity index (χ3n) is 8.61. The van der Waals surface area contributed by atoms with Gasteiger partial charge in [0.1, 0.15) is 5.82 Å². The van der Waals surface area contributed by atoms with E-state index in [0.717, 1.165) is 6.20 Å². The van der Waals surface area contributed by atoms with E-state index in [4.69, 9.17) is 9.47 Å². The lowest BCUT2D eigenvalue weighted by Gasteiger charge is -2.37. The molecule has 2 N–H and O–H groups in total. The number of anilines is 3. The number of ether oxygens (including phenoxy) is 2. The first-order valence-electron chi connectivity index (χ1n) is 16.0. The molecule has 12 nitrogen and oxygen atoms in total. The van der Waals surface area contributed by atoms with E-state index >= 15 is 4.39 Å². The molecule has 0 spiro atoms. The zero-order valence-corrected chi connectivity index (χ0v) is 29.1. The van der Waals surface area contributed by atoms with Gasteiger partial charge in [0.15, 0.2) is 0 Å². The number of hydrogen-bond donors (Lipinski definition) is 2. The van der Waals surface area contributed by atoms with Crippen molar-refractivity contribution in [1.29, 1.82) is 0 Å². The summed E-state index contributed by atoms with van der Waals surface area (Å²) in [7, 11) is 0.515. The molecule has 2 aliphatic heterocycles. The molecule has 0 bridgehead atoms. The summed E-state index contributed by atoms with van der Waals surface area (Å²) in [6, 6.07) is 2.98. The normalized spacial score (nSPS) is 16.2. The second-order valence-corrected chi connectivity index (χ2v) is 17.6. The smallest absolute Gasteiger partial charge is 0.417 e. The predicted molar refractivity (Wildman–Crippen MR) is 184 cm³/mol. The molecule has 2 amide bonds. The number of aromatic nitrogens is 3. The van der Waals surface area contributed by atoms with Gasteiger partial charge in [-0.3, -0.25) is 4.79 Å². The van der Waals surface area contributed by atoms with E-state index < -0.39 is 45.1 Å². The van der Waals surface area contributed by atoms with Crippen molar-refractivity contribution in [3.8, 4) is 17.0 Å². The number of nitrogens with zero attached hydrogens (tertiary/aromatic N) is 6. The molecule has 2 aliphatic rings. The molecule has 3 aromatic rings. The number of halogens is 4. The molecule has 2 aromatic heterocycles. The van der Waals surface area contributed by atoms with Gasteiger partial charge >= 0.3 is 12.3 Å². The minimum atomic E-state index is -4.91. The number of benzene rings is 1. The summed E-state index contributed by atoms with van der Waals surface area (Å²) in [6.45, 7) is 3.01. The summed E-state index contributed by atoms with van der Waals surface area (Å²) in [5.41, 5.74) is -1.36. The van der Waals surface area contributed by atoms with Gasteiger partial charge in [-0.2, -0.15) is 13.2 Å². The number of carbonyl (C=O) groups is 2. The van der Waals surface area contributed by atoms with E-state index in [1.165, 1.54) is 36.5 Å². The lowest BCUT2D eigenvalue weighted by atomic mass is 10.0. The number of hydrogen-bond acceptors (Lipinski definition) is 9. The molecular formula is C33H41F4N7O5S. The molecule has 0 radical (unpaired) electrons. The Labute approximate surface area is 289 Å². The van der Waals surface area contributed by atoms with Crippen molar-refractivity contribution >= 4 is 39.4 Å². The van der Waals surface area contributed by atoms with Crippen molar-refractivity contribution in [2.24, 2.45) is 0 Å². The number of alkyl halides is 3. The Morgan fingerprint density at radius 3 is 2.28 bits per heavy atom. The minimum Gasteiger partial charge on any atom is -0.477 e. The first kappa shape index (κ1) is 36.9. The lowest BCUT2D eigenvalue weighted by molar-refractivity contribution is -0.138. The summed E-state index contributed by atoms with van der Waals surface area (Å²) in [4.78, 5) is 42.8. The summed E-state index contributed by atoms with van der Waals surface area (Å²) >= 11 is 0. The van der Waals surface area contributed by atoms with E-state index in [2.05, 4.69) is 39.0 Å². The minimum absolute atomic E-state index is 0.0250. The van der Waals surface area contributed by atoms with Gasteiger partial charge in [-0.15, -0.1) is 0 Å². The molecule has 2 saturated heterocycles. The molecular weight excluding hydrogens is 682 g/mol. The van der Waals surface area contributed by atoms with Crippen molar-refractivity contribution in [2.75, 3.05) is 92.7 Å². The lowest BCUT2D eigenvalue weighted by Crippen LogP contribution is -2.45. The highest BCUT2D eigenvalue weighted by molar-refractivity contribution is 8.32. The van der Waals surface area contributed by atoms with Gasteiger partial charge < -0.3 is 34.6 Å². The number of amides is 2. The zero-order valence-electron chi connectivity index (χ0n) is 28.3. The number of carboxylic acid groups (broad SMARTS) is 1. The Morgan fingerprint density at radius 1 is 1.02 bits per heavy atom. The highest BCUT2D eigenvalue weighted by Gasteiger charge is 2.37. The van der Waals surface area contributed by atoms with Gasteiger partial charge in [-0.25, -0.2) is 34.2 Å². The van der Waals surface area contributed by atoms with Crippen LogP contribution in [-0.4, -0.2) is 121 Å². The van der Waals surface area contributed by atoms with Crippen LogP contribution in [0, 0.1) is 5.82 Å². The number of piperidine rings is 1. The Bertz CT molecular complexity index is 1680. The fourth-order valence-corrected chi connectivity index (χ4v) is 6.28. The maximum Gasteiger partial charge on any atom is 0.417 e. The standard InChI is InChI=1S/C33H41F4N7O5S/c1-42(32(46)47)22-5-7-43(8-6-22)28-17-26(34)23(21-18-39-31(40-19-21)44-9-11-48-12-10-44)15-27(28)41-30(45)24-20-38-29(16-25(24)33(35,36)37)49-13-14-50(2,3)4/h15-20,22H,5-14H2,1-4H3,(H,41,45)(H,46,47).